The number of nitrogens with zero attached hydrogens (tertiary/aromatic N) is 2. The Morgan fingerprint density at radius 2 is 1.81 bits per heavy atom. The molecule has 2 fully saturated rings. The molecule has 1 aromatic rings. The molecule has 2 saturated heterocycles. The smallest absolute Gasteiger partial charge is 0.259 e. The first kappa shape index (κ1) is 19.2. The first-order valence-corrected chi connectivity index (χ1v) is 9.94. The van der Waals surface area contributed by atoms with Gasteiger partial charge in [0.05, 0.1) is 0 Å². The molecule has 0 aliphatic carbocycles. The molecular weight excluding hydrogens is 326 g/mol. The maximum Gasteiger partial charge on any atom is 0.259 e. The molecule has 2 aliphatic heterocycles. The predicted octanol–water partition coefficient (Wildman–Crippen LogP) is 2.90. The summed E-state index contributed by atoms with van der Waals surface area (Å²) in [5, 5.41) is 0. The van der Waals surface area contributed by atoms with Crippen LogP contribution < -0.4 is 5.43 Å². The summed E-state index contributed by atoms with van der Waals surface area (Å²) in [5.41, 5.74) is 1.23. The van der Waals surface area contributed by atoms with Crippen LogP contribution in [-0.4, -0.2) is 53.4 Å². The van der Waals surface area contributed by atoms with Gasteiger partial charge in [0, 0.05) is 44.1 Å². The molecule has 144 valence electrons. The van der Waals surface area contributed by atoms with E-state index in [-0.39, 0.29) is 16.9 Å². The molecule has 3 rings (SSSR count). The van der Waals surface area contributed by atoms with Crippen LogP contribution in [0.2, 0.25) is 0 Å². The van der Waals surface area contributed by atoms with Crippen molar-refractivity contribution in [3.63, 3.8) is 0 Å². The minimum absolute atomic E-state index is 0.120. The van der Waals surface area contributed by atoms with Crippen molar-refractivity contribution in [2.24, 2.45) is 17.3 Å². The fourth-order valence-electron chi connectivity index (χ4n) is 4.55. The van der Waals surface area contributed by atoms with Crippen molar-refractivity contribution in [3.8, 4) is 0 Å². The second kappa shape index (κ2) is 7.55. The fourth-order valence-corrected chi connectivity index (χ4v) is 4.55. The van der Waals surface area contributed by atoms with Crippen LogP contribution in [0.3, 0.4) is 0 Å². The summed E-state index contributed by atoms with van der Waals surface area (Å²) >= 11 is 0. The number of piperidine rings is 1. The lowest BCUT2D eigenvalue weighted by Gasteiger charge is -2.35. The molecule has 1 N–H and O–H groups in total. The SMILES string of the molecule is Cc1cc(=O)c(C(=O)N2CCC([C@H]3CCN(CC(C)(C)C)C3)CC2)c[nH]1. The quantitative estimate of drug-likeness (QED) is 0.903. The zero-order valence-corrected chi connectivity index (χ0v) is 16.7. The average molecular weight is 360 g/mol. The van der Waals surface area contributed by atoms with E-state index in [1.807, 2.05) is 11.8 Å². The van der Waals surface area contributed by atoms with Crippen LogP contribution in [0.5, 0.6) is 0 Å². The second-order valence-corrected chi connectivity index (χ2v) is 9.37. The number of pyridine rings is 1. The van der Waals surface area contributed by atoms with E-state index in [1.165, 1.54) is 25.6 Å². The van der Waals surface area contributed by atoms with E-state index in [4.69, 9.17) is 0 Å². The summed E-state index contributed by atoms with van der Waals surface area (Å²) in [6.07, 6.45) is 4.97. The molecule has 5 heteroatoms. The number of likely N-dealkylation sites (tertiary alicyclic amines) is 2. The van der Waals surface area contributed by atoms with Crippen LogP contribution in [-0.2, 0) is 0 Å². The molecule has 1 amide bonds. The van der Waals surface area contributed by atoms with Crippen LogP contribution in [0.15, 0.2) is 17.1 Å². The number of carbonyl (C=O) groups is 1. The third-order valence-corrected chi connectivity index (χ3v) is 5.79. The van der Waals surface area contributed by atoms with Crippen LogP contribution in [0.4, 0.5) is 0 Å². The molecule has 0 bridgehead atoms. The fraction of sp³-hybridized carbons (Fsp3) is 0.714. The Kier molecular flexibility index (Phi) is 5.56. The summed E-state index contributed by atoms with van der Waals surface area (Å²) < 4.78 is 0. The zero-order valence-electron chi connectivity index (χ0n) is 16.7. The standard InChI is InChI=1S/C21H33N3O2/c1-15-11-19(25)18(12-22-15)20(26)24-9-6-16(7-10-24)17-5-8-23(13-17)14-21(2,3)4/h11-12,16-17H,5-10,13-14H2,1-4H3,(H,22,25)/t17-/m0/s1. The van der Waals surface area contributed by atoms with Gasteiger partial charge in [-0.15, -0.1) is 0 Å². The van der Waals surface area contributed by atoms with E-state index in [9.17, 15) is 9.59 Å². The number of aromatic amines is 1. The van der Waals surface area contributed by atoms with Gasteiger partial charge < -0.3 is 14.8 Å². The molecular formula is C21H33N3O2. The molecule has 1 atom stereocenters. The molecule has 0 unspecified atom stereocenters. The van der Waals surface area contributed by atoms with E-state index >= 15 is 0 Å². The summed E-state index contributed by atoms with van der Waals surface area (Å²) in [5.74, 6) is 1.35. The van der Waals surface area contributed by atoms with Gasteiger partial charge in [0.25, 0.3) is 5.91 Å². The van der Waals surface area contributed by atoms with Gasteiger partial charge >= 0.3 is 0 Å². The number of hydrogen-bond acceptors (Lipinski definition) is 3. The normalized spacial score (nSPS) is 22.8. The van der Waals surface area contributed by atoms with E-state index < -0.39 is 0 Å². The van der Waals surface area contributed by atoms with Crippen LogP contribution in [0.25, 0.3) is 0 Å². The number of aromatic nitrogens is 1. The van der Waals surface area contributed by atoms with Crippen molar-refractivity contribution in [1.29, 1.82) is 0 Å². The largest absolute Gasteiger partial charge is 0.364 e. The number of aryl methyl sites for hydroxylation is 1. The van der Waals surface area contributed by atoms with Crippen molar-refractivity contribution < 1.29 is 4.79 Å². The number of carbonyl (C=O) groups excluding carboxylic acids is 1. The van der Waals surface area contributed by atoms with Gasteiger partial charge in [-0.3, -0.25) is 9.59 Å². The highest BCUT2D eigenvalue weighted by Gasteiger charge is 2.34. The van der Waals surface area contributed by atoms with Gasteiger partial charge in [0.1, 0.15) is 5.56 Å². The maximum atomic E-state index is 12.7. The van der Waals surface area contributed by atoms with E-state index in [1.54, 1.807) is 6.20 Å². The van der Waals surface area contributed by atoms with Crippen LogP contribution in [0.1, 0.15) is 56.1 Å². The highest BCUT2D eigenvalue weighted by molar-refractivity contribution is 5.93. The minimum Gasteiger partial charge on any atom is -0.364 e. The summed E-state index contributed by atoms with van der Waals surface area (Å²) in [7, 11) is 0. The lowest BCUT2D eigenvalue weighted by Crippen LogP contribution is -2.42. The maximum absolute atomic E-state index is 12.7. The van der Waals surface area contributed by atoms with Gasteiger partial charge in [-0.2, -0.15) is 0 Å². The Balaban J connectivity index is 1.53. The van der Waals surface area contributed by atoms with E-state index in [2.05, 4.69) is 30.7 Å². The number of nitrogens with one attached hydrogen (secondary N) is 1. The Morgan fingerprint density at radius 1 is 1.15 bits per heavy atom. The summed E-state index contributed by atoms with van der Waals surface area (Å²) in [6, 6.07) is 1.50. The highest BCUT2D eigenvalue weighted by Crippen LogP contribution is 2.33. The van der Waals surface area contributed by atoms with Gasteiger partial charge in [0.15, 0.2) is 5.43 Å². The number of hydrogen-bond donors (Lipinski definition) is 1. The van der Waals surface area contributed by atoms with Gasteiger partial charge in [-0.25, -0.2) is 0 Å². The molecule has 2 aliphatic rings. The zero-order chi connectivity index (χ0) is 18.9. The molecule has 5 nitrogen and oxygen atoms in total. The first-order chi connectivity index (χ1) is 12.2. The van der Waals surface area contributed by atoms with Crippen molar-refractivity contribution >= 4 is 5.91 Å². The lowest BCUT2D eigenvalue weighted by molar-refractivity contribution is 0.0655. The van der Waals surface area contributed by atoms with Gasteiger partial charge in [-0.1, -0.05) is 20.8 Å². The highest BCUT2D eigenvalue weighted by atomic mass is 16.2. The van der Waals surface area contributed by atoms with Gasteiger partial charge in [-0.05, 0) is 50.0 Å². The third kappa shape index (κ3) is 4.56. The summed E-state index contributed by atoms with van der Waals surface area (Å²) in [6.45, 7) is 13.8. The Hall–Kier alpha value is -1.62. The molecule has 1 aromatic heterocycles. The molecule has 0 aromatic carbocycles. The summed E-state index contributed by atoms with van der Waals surface area (Å²) in [4.78, 5) is 32.2. The Morgan fingerprint density at radius 3 is 2.42 bits per heavy atom. The minimum atomic E-state index is -0.179. The molecule has 0 radical (unpaired) electrons. The Bertz CT molecular complexity index is 696. The number of H-pyrrole nitrogens is 1. The van der Waals surface area contributed by atoms with Crippen molar-refractivity contribution in [3.05, 3.63) is 33.7 Å². The van der Waals surface area contributed by atoms with Crippen LogP contribution >= 0.6 is 0 Å². The van der Waals surface area contributed by atoms with Crippen LogP contribution in [0, 0.1) is 24.2 Å². The number of rotatable bonds is 3. The van der Waals surface area contributed by atoms with Crippen molar-refractivity contribution in [2.45, 2.75) is 47.0 Å². The average Bonchev–Trinajstić information content (AvgIpc) is 3.01. The lowest BCUT2D eigenvalue weighted by atomic mass is 9.83. The molecule has 0 spiro atoms. The molecule has 26 heavy (non-hydrogen) atoms. The Labute approximate surface area is 156 Å². The predicted molar refractivity (Wildman–Crippen MR) is 104 cm³/mol. The van der Waals surface area contributed by atoms with Crippen molar-refractivity contribution in [2.75, 3.05) is 32.7 Å². The van der Waals surface area contributed by atoms with E-state index in [0.717, 1.165) is 44.1 Å². The monoisotopic (exact) mass is 359 g/mol. The third-order valence-electron chi connectivity index (χ3n) is 5.79. The second-order valence-electron chi connectivity index (χ2n) is 9.37. The number of amides is 1. The topological polar surface area (TPSA) is 56.4 Å². The van der Waals surface area contributed by atoms with E-state index in [0.29, 0.717) is 11.3 Å². The molecule has 0 saturated carbocycles. The first-order valence-electron chi connectivity index (χ1n) is 9.94. The molecule has 3 heterocycles. The van der Waals surface area contributed by atoms with Crippen molar-refractivity contribution in [1.82, 2.24) is 14.8 Å². The van der Waals surface area contributed by atoms with Gasteiger partial charge in [0.2, 0.25) is 0 Å².